The van der Waals surface area contributed by atoms with Crippen LogP contribution >= 0.6 is 11.6 Å². The molecule has 0 amide bonds. The van der Waals surface area contributed by atoms with Crippen molar-refractivity contribution in [1.82, 2.24) is 0 Å². The Morgan fingerprint density at radius 1 is 1.06 bits per heavy atom. The second kappa shape index (κ2) is 4.19. The quantitative estimate of drug-likeness (QED) is 0.680. The molecule has 0 atom stereocenters. The van der Waals surface area contributed by atoms with Gasteiger partial charge < -0.3 is 0 Å². The van der Waals surface area contributed by atoms with E-state index in [0.29, 0.717) is 0 Å². The first-order valence-corrected chi connectivity index (χ1v) is 6.48. The molecule has 1 saturated carbocycles. The fourth-order valence-corrected chi connectivity index (χ4v) is 2.45. The lowest BCUT2D eigenvalue weighted by molar-refractivity contribution is 1.13. The number of rotatable bonds is 2. The molecule has 3 rings (SSSR count). The number of hydrogen-bond acceptors (Lipinski definition) is 0. The zero-order valence-electron chi connectivity index (χ0n) is 9.91. The molecule has 0 radical (unpaired) electrons. The van der Waals surface area contributed by atoms with Crippen LogP contribution in [0.3, 0.4) is 0 Å². The Balaban J connectivity index is 2.07. The summed E-state index contributed by atoms with van der Waals surface area (Å²) in [5, 5.41) is 0.808. The van der Waals surface area contributed by atoms with Crippen molar-refractivity contribution in [2.75, 3.05) is 0 Å². The lowest BCUT2D eigenvalue weighted by Crippen LogP contribution is -1.85. The van der Waals surface area contributed by atoms with Gasteiger partial charge in [0.05, 0.1) is 0 Å². The number of aryl methyl sites for hydroxylation is 1. The lowest BCUT2D eigenvalue weighted by atomic mass is 9.98. The molecule has 0 N–H and O–H groups in total. The topological polar surface area (TPSA) is 0 Å². The van der Waals surface area contributed by atoms with Crippen LogP contribution in [0, 0.1) is 6.92 Å². The van der Waals surface area contributed by atoms with Crippen LogP contribution in [0.5, 0.6) is 0 Å². The number of benzene rings is 2. The SMILES string of the molecule is Cc1ccc(Cl)cc1-c1cccc(C2CC2)c1. The highest BCUT2D eigenvalue weighted by Crippen LogP contribution is 2.41. The van der Waals surface area contributed by atoms with E-state index in [1.807, 2.05) is 6.07 Å². The van der Waals surface area contributed by atoms with Crippen molar-refractivity contribution < 1.29 is 0 Å². The molecule has 2 aromatic carbocycles. The first kappa shape index (κ1) is 10.9. The third-order valence-electron chi connectivity index (χ3n) is 3.45. The largest absolute Gasteiger partial charge is 0.0843 e. The van der Waals surface area contributed by atoms with Gasteiger partial charge >= 0.3 is 0 Å². The third-order valence-corrected chi connectivity index (χ3v) is 3.68. The number of hydrogen-bond donors (Lipinski definition) is 0. The summed E-state index contributed by atoms with van der Waals surface area (Å²) >= 11 is 6.08. The average Bonchev–Trinajstić information content (AvgIpc) is 3.17. The van der Waals surface area contributed by atoms with Gasteiger partial charge in [-0.1, -0.05) is 41.9 Å². The van der Waals surface area contributed by atoms with Crippen molar-refractivity contribution in [3.8, 4) is 11.1 Å². The van der Waals surface area contributed by atoms with Crippen molar-refractivity contribution in [3.05, 3.63) is 58.6 Å². The second-order valence-electron chi connectivity index (χ2n) is 4.86. The van der Waals surface area contributed by atoms with Gasteiger partial charge in [-0.3, -0.25) is 0 Å². The smallest absolute Gasteiger partial charge is 0.0412 e. The highest BCUT2D eigenvalue weighted by molar-refractivity contribution is 6.30. The number of halogens is 1. The molecule has 1 aliphatic rings. The van der Waals surface area contributed by atoms with Crippen molar-refractivity contribution in [2.24, 2.45) is 0 Å². The molecule has 0 heterocycles. The molecule has 0 aromatic heterocycles. The molecule has 86 valence electrons. The second-order valence-corrected chi connectivity index (χ2v) is 5.30. The van der Waals surface area contributed by atoms with E-state index in [4.69, 9.17) is 11.6 Å². The standard InChI is InChI=1S/C16H15Cl/c1-11-5-8-15(17)10-16(11)14-4-2-3-13(9-14)12-6-7-12/h2-5,8-10,12H,6-7H2,1H3. The van der Waals surface area contributed by atoms with Crippen LogP contribution in [0.4, 0.5) is 0 Å². The molecule has 0 unspecified atom stereocenters. The average molecular weight is 243 g/mol. The Hall–Kier alpha value is -1.27. The zero-order valence-corrected chi connectivity index (χ0v) is 10.7. The Morgan fingerprint density at radius 2 is 1.88 bits per heavy atom. The molecule has 1 aliphatic carbocycles. The van der Waals surface area contributed by atoms with Crippen LogP contribution in [0.2, 0.25) is 5.02 Å². The molecule has 0 spiro atoms. The summed E-state index contributed by atoms with van der Waals surface area (Å²) in [7, 11) is 0. The van der Waals surface area contributed by atoms with Crippen LogP contribution in [0.15, 0.2) is 42.5 Å². The minimum atomic E-state index is 0.800. The molecule has 1 fully saturated rings. The first-order chi connectivity index (χ1) is 8.24. The molecule has 1 heteroatoms. The normalized spacial score (nSPS) is 14.9. The third kappa shape index (κ3) is 2.23. The molecule has 0 aliphatic heterocycles. The van der Waals surface area contributed by atoms with Crippen LogP contribution < -0.4 is 0 Å². The minimum absolute atomic E-state index is 0.800. The summed E-state index contributed by atoms with van der Waals surface area (Å²) in [5.74, 6) is 0.800. The minimum Gasteiger partial charge on any atom is -0.0843 e. The maximum atomic E-state index is 6.08. The van der Waals surface area contributed by atoms with Gasteiger partial charge in [0.2, 0.25) is 0 Å². The van der Waals surface area contributed by atoms with E-state index >= 15 is 0 Å². The maximum Gasteiger partial charge on any atom is 0.0412 e. The highest BCUT2D eigenvalue weighted by atomic mass is 35.5. The van der Waals surface area contributed by atoms with Gasteiger partial charge in [-0.05, 0) is 60.1 Å². The molecule has 0 nitrogen and oxygen atoms in total. The molecule has 0 saturated heterocycles. The predicted molar refractivity (Wildman–Crippen MR) is 73.6 cm³/mol. The van der Waals surface area contributed by atoms with E-state index < -0.39 is 0 Å². The molecule has 17 heavy (non-hydrogen) atoms. The van der Waals surface area contributed by atoms with Gasteiger partial charge in [0.25, 0.3) is 0 Å². The monoisotopic (exact) mass is 242 g/mol. The lowest BCUT2D eigenvalue weighted by Gasteiger charge is -2.08. The molecule has 2 aromatic rings. The molecular weight excluding hydrogens is 228 g/mol. The Morgan fingerprint density at radius 3 is 2.65 bits per heavy atom. The summed E-state index contributed by atoms with van der Waals surface area (Å²) in [6.45, 7) is 2.13. The van der Waals surface area contributed by atoms with Crippen molar-refractivity contribution in [2.45, 2.75) is 25.7 Å². The fraction of sp³-hybridized carbons (Fsp3) is 0.250. The predicted octanol–water partition coefficient (Wildman–Crippen LogP) is 5.19. The van der Waals surface area contributed by atoms with Crippen molar-refractivity contribution >= 4 is 11.6 Å². The summed E-state index contributed by atoms with van der Waals surface area (Å²) in [4.78, 5) is 0. The van der Waals surface area contributed by atoms with Gasteiger partial charge in [0.1, 0.15) is 0 Å². The van der Waals surface area contributed by atoms with E-state index in [1.165, 1.54) is 35.1 Å². The summed E-state index contributed by atoms with van der Waals surface area (Å²) in [6, 6.07) is 15.0. The van der Waals surface area contributed by atoms with Gasteiger partial charge in [-0.15, -0.1) is 0 Å². The van der Waals surface area contributed by atoms with E-state index in [-0.39, 0.29) is 0 Å². The summed E-state index contributed by atoms with van der Waals surface area (Å²) < 4.78 is 0. The highest BCUT2D eigenvalue weighted by Gasteiger charge is 2.23. The fourth-order valence-electron chi connectivity index (χ4n) is 2.28. The van der Waals surface area contributed by atoms with Gasteiger partial charge in [-0.25, -0.2) is 0 Å². The van der Waals surface area contributed by atoms with Crippen LogP contribution in [0.25, 0.3) is 11.1 Å². The van der Waals surface area contributed by atoms with E-state index in [9.17, 15) is 0 Å². The Labute approximate surface area is 107 Å². The molecular formula is C16H15Cl. The van der Waals surface area contributed by atoms with E-state index in [0.717, 1.165) is 10.9 Å². The Bertz CT molecular complexity index is 553. The van der Waals surface area contributed by atoms with Crippen molar-refractivity contribution in [3.63, 3.8) is 0 Å². The van der Waals surface area contributed by atoms with Gasteiger partial charge in [0.15, 0.2) is 0 Å². The van der Waals surface area contributed by atoms with Crippen LogP contribution in [-0.2, 0) is 0 Å². The van der Waals surface area contributed by atoms with Crippen molar-refractivity contribution in [1.29, 1.82) is 0 Å². The molecule has 0 bridgehead atoms. The van der Waals surface area contributed by atoms with E-state index in [2.05, 4.69) is 43.3 Å². The Kier molecular flexibility index (Phi) is 2.68. The zero-order chi connectivity index (χ0) is 11.8. The summed E-state index contributed by atoms with van der Waals surface area (Å²) in [5.41, 5.74) is 5.29. The maximum absolute atomic E-state index is 6.08. The van der Waals surface area contributed by atoms with Crippen LogP contribution in [-0.4, -0.2) is 0 Å². The van der Waals surface area contributed by atoms with Gasteiger partial charge in [0, 0.05) is 5.02 Å². The van der Waals surface area contributed by atoms with Gasteiger partial charge in [-0.2, -0.15) is 0 Å². The summed E-state index contributed by atoms with van der Waals surface area (Å²) in [6.07, 6.45) is 2.69. The van der Waals surface area contributed by atoms with E-state index in [1.54, 1.807) is 0 Å². The first-order valence-electron chi connectivity index (χ1n) is 6.10. The van der Waals surface area contributed by atoms with Crippen LogP contribution in [0.1, 0.15) is 29.9 Å².